The zero-order valence-electron chi connectivity index (χ0n) is 18.6. The largest absolute Gasteiger partial charge is 0.493 e. The monoisotopic (exact) mass is 557 g/mol. The fraction of sp³-hybridized carbons (Fsp3) is 0.458. The van der Waals surface area contributed by atoms with Gasteiger partial charge in [0.1, 0.15) is 11.6 Å². The van der Waals surface area contributed by atoms with E-state index in [9.17, 15) is 9.50 Å². The Morgan fingerprint density at radius 1 is 1.25 bits per heavy atom. The van der Waals surface area contributed by atoms with Gasteiger partial charge in [-0.3, -0.25) is 0 Å². The maximum Gasteiger partial charge on any atom is 0.191 e. The molecule has 1 aliphatic heterocycles. The minimum Gasteiger partial charge on any atom is -0.493 e. The number of nitrogens with one attached hydrogen (secondary N) is 2. The maximum absolute atomic E-state index is 13.1. The number of hydrogen-bond acceptors (Lipinski definition) is 4. The summed E-state index contributed by atoms with van der Waals surface area (Å²) in [6, 6.07) is 12.0. The third kappa shape index (κ3) is 8.22. The van der Waals surface area contributed by atoms with Crippen LogP contribution < -0.4 is 15.4 Å². The third-order valence-electron chi connectivity index (χ3n) is 5.19. The normalized spacial score (nSPS) is 16.9. The minimum absolute atomic E-state index is 0. The van der Waals surface area contributed by atoms with Crippen LogP contribution in [0.2, 0.25) is 0 Å². The third-order valence-corrected chi connectivity index (χ3v) is 5.19. The van der Waals surface area contributed by atoms with E-state index in [4.69, 9.17) is 9.47 Å². The molecule has 1 aliphatic rings. The molecule has 3 N–H and O–H groups in total. The summed E-state index contributed by atoms with van der Waals surface area (Å²) in [6.07, 6.45) is 0.265. The molecule has 2 unspecified atom stereocenters. The van der Waals surface area contributed by atoms with E-state index in [1.54, 1.807) is 12.1 Å². The van der Waals surface area contributed by atoms with Gasteiger partial charge in [0.25, 0.3) is 0 Å². The molecular formula is C24H33FIN3O3. The first-order chi connectivity index (χ1) is 15.0. The van der Waals surface area contributed by atoms with Crippen LogP contribution in [-0.4, -0.2) is 44.0 Å². The molecule has 0 aromatic heterocycles. The van der Waals surface area contributed by atoms with Crippen LogP contribution in [0.25, 0.3) is 0 Å². The zero-order chi connectivity index (χ0) is 22.1. The molecule has 8 heteroatoms. The Morgan fingerprint density at radius 3 is 2.72 bits per heavy atom. The highest BCUT2D eigenvalue weighted by atomic mass is 127. The lowest BCUT2D eigenvalue weighted by Gasteiger charge is -2.17. The number of nitrogens with zero attached hydrogens (tertiary/aromatic N) is 1. The van der Waals surface area contributed by atoms with Gasteiger partial charge in [-0.1, -0.05) is 24.3 Å². The smallest absolute Gasteiger partial charge is 0.191 e. The standard InChI is InChI=1S/C24H32FN3O3.HI/c1-3-26-24(28-14-22(29)19-6-8-21(25)9-7-19)27-13-20-5-4-17(2)12-23(20)31-16-18-10-11-30-15-18;/h4-9,12,18,22,29H,3,10-11,13-16H2,1-2H3,(H2,26,27,28);1H. The molecule has 0 spiro atoms. The van der Waals surface area contributed by atoms with E-state index in [0.717, 1.165) is 36.5 Å². The van der Waals surface area contributed by atoms with E-state index >= 15 is 0 Å². The molecule has 3 rings (SSSR count). The predicted molar refractivity (Wildman–Crippen MR) is 135 cm³/mol. The first-order valence-electron chi connectivity index (χ1n) is 10.8. The van der Waals surface area contributed by atoms with Gasteiger partial charge in [-0.05, 0) is 49.6 Å². The Balaban J connectivity index is 0.00000363. The molecule has 0 amide bonds. The highest BCUT2D eigenvalue weighted by Gasteiger charge is 2.17. The van der Waals surface area contributed by atoms with Crippen molar-refractivity contribution in [2.24, 2.45) is 10.9 Å². The van der Waals surface area contributed by atoms with Crippen LogP contribution in [0.1, 0.15) is 36.1 Å². The number of aliphatic hydroxyl groups is 1. The Hall–Kier alpha value is -1.91. The molecule has 6 nitrogen and oxygen atoms in total. The van der Waals surface area contributed by atoms with Gasteiger partial charge in [0.15, 0.2) is 5.96 Å². The first kappa shape index (κ1) is 26.3. The Kier molecular flexibility index (Phi) is 11.2. The van der Waals surface area contributed by atoms with Crippen LogP contribution in [0.15, 0.2) is 47.5 Å². The number of aliphatic imine (C=N–C) groups is 1. The number of rotatable bonds is 9. The minimum atomic E-state index is -0.767. The number of halogens is 2. The van der Waals surface area contributed by atoms with Gasteiger partial charge < -0.3 is 25.2 Å². The van der Waals surface area contributed by atoms with Crippen molar-refractivity contribution in [3.05, 3.63) is 65.0 Å². The number of ether oxygens (including phenoxy) is 2. The van der Waals surface area contributed by atoms with Crippen molar-refractivity contribution in [3.63, 3.8) is 0 Å². The van der Waals surface area contributed by atoms with E-state index < -0.39 is 6.10 Å². The summed E-state index contributed by atoms with van der Waals surface area (Å²) in [7, 11) is 0. The number of benzene rings is 2. The van der Waals surface area contributed by atoms with Crippen molar-refractivity contribution in [2.75, 3.05) is 32.9 Å². The van der Waals surface area contributed by atoms with Crippen molar-refractivity contribution in [3.8, 4) is 5.75 Å². The van der Waals surface area contributed by atoms with Crippen LogP contribution in [-0.2, 0) is 11.3 Å². The van der Waals surface area contributed by atoms with E-state index in [1.807, 2.05) is 26.0 Å². The number of guanidine groups is 1. The summed E-state index contributed by atoms with van der Waals surface area (Å²) in [5.41, 5.74) is 2.79. The van der Waals surface area contributed by atoms with Crippen molar-refractivity contribution in [1.82, 2.24) is 10.6 Å². The molecular weight excluding hydrogens is 524 g/mol. The van der Waals surface area contributed by atoms with Crippen molar-refractivity contribution >= 4 is 29.9 Å². The molecule has 32 heavy (non-hydrogen) atoms. The molecule has 0 aliphatic carbocycles. The second-order valence-electron chi connectivity index (χ2n) is 7.80. The van der Waals surface area contributed by atoms with E-state index in [-0.39, 0.29) is 36.3 Å². The highest BCUT2D eigenvalue weighted by Crippen LogP contribution is 2.23. The maximum atomic E-state index is 13.1. The van der Waals surface area contributed by atoms with Crippen molar-refractivity contribution < 1.29 is 19.0 Å². The van der Waals surface area contributed by atoms with Gasteiger partial charge in [0.2, 0.25) is 0 Å². The summed E-state index contributed by atoms with van der Waals surface area (Å²) >= 11 is 0. The lowest BCUT2D eigenvalue weighted by atomic mass is 10.1. The number of aliphatic hydroxyl groups excluding tert-OH is 1. The fourth-order valence-corrected chi connectivity index (χ4v) is 3.35. The topological polar surface area (TPSA) is 75.1 Å². The summed E-state index contributed by atoms with van der Waals surface area (Å²) in [5.74, 6) is 1.55. The Bertz CT molecular complexity index is 858. The Morgan fingerprint density at radius 2 is 2.03 bits per heavy atom. The average molecular weight is 557 g/mol. The Labute approximate surface area is 206 Å². The van der Waals surface area contributed by atoms with Crippen LogP contribution in [0.3, 0.4) is 0 Å². The van der Waals surface area contributed by atoms with Crippen molar-refractivity contribution in [1.29, 1.82) is 0 Å². The molecule has 0 saturated carbocycles. The van der Waals surface area contributed by atoms with E-state index in [1.165, 1.54) is 12.1 Å². The van der Waals surface area contributed by atoms with Crippen LogP contribution in [0.4, 0.5) is 4.39 Å². The molecule has 1 saturated heterocycles. The second-order valence-corrected chi connectivity index (χ2v) is 7.80. The van der Waals surface area contributed by atoms with Crippen molar-refractivity contribution in [2.45, 2.75) is 32.9 Å². The molecule has 0 radical (unpaired) electrons. The molecule has 1 fully saturated rings. The van der Waals surface area contributed by atoms with Gasteiger partial charge in [-0.2, -0.15) is 0 Å². The van der Waals surface area contributed by atoms with E-state index in [2.05, 4.69) is 21.7 Å². The van der Waals surface area contributed by atoms with E-state index in [0.29, 0.717) is 37.1 Å². The first-order valence-corrected chi connectivity index (χ1v) is 10.8. The molecule has 2 aromatic rings. The molecule has 2 atom stereocenters. The lowest BCUT2D eigenvalue weighted by molar-refractivity contribution is 0.166. The summed E-state index contributed by atoms with van der Waals surface area (Å²) in [5, 5.41) is 16.7. The molecule has 176 valence electrons. The summed E-state index contributed by atoms with van der Waals surface area (Å²) in [4.78, 5) is 4.65. The average Bonchev–Trinajstić information content (AvgIpc) is 3.29. The second kappa shape index (κ2) is 13.6. The predicted octanol–water partition coefficient (Wildman–Crippen LogP) is 3.96. The number of aryl methyl sites for hydroxylation is 1. The van der Waals surface area contributed by atoms with Crippen LogP contribution in [0, 0.1) is 18.7 Å². The summed E-state index contributed by atoms with van der Waals surface area (Å²) in [6.45, 7) is 7.62. The van der Waals surface area contributed by atoms with Crippen LogP contribution >= 0.6 is 24.0 Å². The quantitative estimate of drug-likeness (QED) is 0.248. The molecule has 0 bridgehead atoms. The highest BCUT2D eigenvalue weighted by molar-refractivity contribution is 14.0. The molecule has 1 heterocycles. The lowest BCUT2D eigenvalue weighted by Crippen LogP contribution is -2.39. The van der Waals surface area contributed by atoms with Gasteiger partial charge in [-0.25, -0.2) is 9.38 Å². The van der Waals surface area contributed by atoms with Gasteiger partial charge in [-0.15, -0.1) is 24.0 Å². The van der Waals surface area contributed by atoms with Gasteiger partial charge in [0.05, 0.1) is 25.9 Å². The van der Waals surface area contributed by atoms with Crippen LogP contribution in [0.5, 0.6) is 5.75 Å². The summed E-state index contributed by atoms with van der Waals surface area (Å²) < 4.78 is 24.6. The SMILES string of the molecule is CCNC(=NCc1ccc(C)cc1OCC1CCOC1)NCC(O)c1ccc(F)cc1.I. The zero-order valence-corrected chi connectivity index (χ0v) is 21.0. The number of hydrogen-bond donors (Lipinski definition) is 3. The molecule has 2 aromatic carbocycles. The fourth-order valence-electron chi connectivity index (χ4n) is 3.35. The van der Waals surface area contributed by atoms with Gasteiger partial charge in [0, 0.05) is 31.2 Å². The van der Waals surface area contributed by atoms with Gasteiger partial charge >= 0.3 is 0 Å².